The summed E-state index contributed by atoms with van der Waals surface area (Å²) in [6.07, 6.45) is 0.323. The molecule has 1 aromatic heterocycles. The van der Waals surface area contributed by atoms with Gasteiger partial charge in [0.2, 0.25) is 0 Å². The Morgan fingerprint density at radius 2 is 2.35 bits per heavy atom. The minimum absolute atomic E-state index is 0.168. The Kier molecular flexibility index (Phi) is 3.26. The third-order valence-corrected chi connectivity index (χ3v) is 3.11. The van der Waals surface area contributed by atoms with Crippen molar-refractivity contribution in [1.82, 2.24) is 10.2 Å². The molecule has 2 rings (SSSR count). The number of hydrogen-bond acceptors (Lipinski definition) is 5. The van der Waals surface area contributed by atoms with Gasteiger partial charge in [0, 0.05) is 19.5 Å². The summed E-state index contributed by atoms with van der Waals surface area (Å²) in [5.41, 5.74) is 5.62. The van der Waals surface area contributed by atoms with Gasteiger partial charge < -0.3 is 15.7 Å². The van der Waals surface area contributed by atoms with Crippen molar-refractivity contribution in [2.75, 3.05) is 24.6 Å². The van der Waals surface area contributed by atoms with E-state index in [4.69, 9.17) is 10.8 Å². The first-order valence-electron chi connectivity index (χ1n) is 5.66. The number of anilines is 1. The highest BCUT2D eigenvalue weighted by atomic mass is 19.1. The molecule has 2 heterocycles. The Balaban J connectivity index is 2.19. The van der Waals surface area contributed by atoms with Gasteiger partial charge >= 0.3 is 0 Å². The third-order valence-electron chi connectivity index (χ3n) is 3.11. The van der Waals surface area contributed by atoms with Gasteiger partial charge in [-0.3, -0.25) is 0 Å². The van der Waals surface area contributed by atoms with Crippen LogP contribution in [0.5, 0.6) is 0 Å². The van der Waals surface area contributed by atoms with Crippen molar-refractivity contribution in [1.29, 1.82) is 0 Å². The van der Waals surface area contributed by atoms with Crippen molar-refractivity contribution in [3.63, 3.8) is 0 Å². The van der Waals surface area contributed by atoms with E-state index in [9.17, 15) is 4.39 Å². The number of nitrogens with zero attached hydrogens (tertiary/aromatic N) is 3. The van der Waals surface area contributed by atoms with Gasteiger partial charge in [-0.2, -0.15) is 5.10 Å². The summed E-state index contributed by atoms with van der Waals surface area (Å²) in [4.78, 5) is 1.82. The van der Waals surface area contributed by atoms with Crippen LogP contribution in [0.15, 0.2) is 6.07 Å². The maximum atomic E-state index is 13.9. The minimum atomic E-state index is -1.51. The molecule has 1 aromatic rings. The molecule has 0 aromatic carbocycles. The standard InChI is InChI=1S/C11H17FN4O/c1-8-4-9(5-13)14-15-10(8)16-3-2-11(12,6-16)7-17/h4,17H,2-3,5-7,13H2,1H3. The van der Waals surface area contributed by atoms with E-state index in [-0.39, 0.29) is 6.54 Å². The molecular weight excluding hydrogens is 223 g/mol. The molecule has 17 heavy (non-hydrogen) atoms. The molecule has 6 heteroatoms. The lowest BCUT2D eigenvalue weighted by Crippen LogP contribution is -2.33. The summed E-state index contributed by atoms with van der Waals surface area (Å²) < 4.78 is 13.9. The number of alkyl halides is 1. The zero-order chi connectivity index (χ0) is 12.5. The lowest BCUT2D eigenvalue weighted by Gasteiger charge is -2.20. The fourth-order valence-corrected chi connectivity index (χ4v) is 2.09. The molecule has 0 bridgehead atoms. The summed E-state index contributed by atoms with van der Waals surface area (Å²) >= 11 is 0. The molecule has 1 atom stereocenters. The molecule has 1 unspecified atom stereocenters. The van der Waals surface area contributed by atoms with E-state index in [2.05, 4.69) is 10.2 Å². The molecule has 0 aliphatic carbocycles. The van der Waals surface area contributed by atoms with Crippen LogP contribution >= 0.6 is 0 Å². The van der Waals surface area contributed by atoms with E-state index in [1.165, 1.54) is 0 Å². The topological polar surface area (TPSA) is 75.3 Å². The van der Waals surface area contributed by atoms with Gasteiger partial charge in [-0.05, 0) is 18.6 Å². The van der Waals surface area contributed by atoms with Gasteiger partial charge in [0.1, 0.15) is 0 Å². The predicted octanol–water partition coefficient (Wildman–Crippen LogP) is 0.154. The second-order valence-electron chi connectivity index (χ2n) is 4.53. The summed E-state index contributed by atoms with van der Waals surface area (Å²) in [5.74, 6) is 0.676. The zero-order valence-electron chi connectivity index (χ0n) is 9.86. The maximum Gasteiger partial charge on any atom is 0.154 e. The Morgan fingerprint density at radius 3 is 2.88 bits per heavy atom. The number of aromatic nitrogens is 2. The molecule has 1 aliphatic heterocycles. The minimum Gasteiger partial charge on any atom is -0.393 e. The van der Waals surface area contributed by atoms with Crippen molar-refractivity contribution in [3.05, 3.63) is 17.3 Å². The van der Waals surface area contributed by atoms with E-state index < -0.39 is 12.3 Å². The number of halogens is 1. The molecule has 0 radical (unpaired) electrons. The number of aryl methyl sites for hydroxylation is 1. The van der Waals surface area contributed by atoms with Crippen LogP contribution in [0.25, 0.3) is 0 Å². The molecular formula is C11H17FN4O. The first-order valence-corrected chi connectivity index (χ1v) is 5.66. The van der Waals surface area contributed by atoms with E-state index in [1.807, 2.05) is 17.9 Å². The smallest absolute Gasteiger partial charge is 0.154 e. The molecule has 5 nitrogen and oxygen atoms in total. The second kappa shape index (κ2) is 4.54. The summed E-state index contributed by atoms with van der Waals surface area (Å²) in [7, 11) is 0. The fourth-order valence-electron chi connectivity index (χ4n) is 2.09. The zero-order valence-corrected chi connectivity index (χ0v) is 9.86. The van der Waals surface area contributed by atoms with E-state index >= 15 is 0 Å². The Morgan fingerprint density at radius 1 is 1.59 bits per heavy atom. The first-order chi connectivity index (χ1) is 8.08. The number of hydrogen-bond donors (Lipinski definition) is 2. The Bertz CT molecular complexity index is 414. The highest BCUT2D eigenvalue weighted by Gasteiger charge is 2.38. The van der Waals surface area contributed by atoms with Crippen LogP contribution in [-0.2, 0) is 6.54 Å². The van der Waals surface area contributed by atoms with Crippen molar-refractivity contribution in [2.45, 2.75) is 25.6 Å². The highest BCUT2D eigenvalue weighted by molar-refractivity contribution is 5.47. The molecule has 94 valence electrons. The summed E-state index contributed by atoms with van der Waals surface area (Å²) in [5, 5.41) is 17.0. The molecule has 0 saturated carbocycles. The monoisotopic (exact) mass is 240 g/mol. The van der Waals surface area contributed by atoms with Crippen LogP contribution in [-0.4, -0.2) is 40.7 Å². The Hall–Kier alpha value is -1.27. The quantitative estimate of drug-likeness (QED) is 0.787. The van der Waals surface area contributed by atoms with E-state index in [1.54, 1.807) is 0 Å². The lowest BCUT2D eigenvalue weighted by atomic mass is 10.1. The maximum absolute atomic E-state index is 13.9. The van der Waals surface area contributed by atoms with Crippen LogP contribution < -0.4 is 10.6 Å². The normalized spacial score (nSPS) is 24.4. The van der Waals surface area contributed by atoms with E-state index in [0.717, 1.165) is 11.3 Å². The number of aliphatic hydroxyl groups excluding tert-OH is 1. The average Bonchev–Trinajstić information content (AvgIpc) is 2.72. The number of nitrogens with two attached hydrogens (primary N) is 1. The Labute approximate surface area is 99.4 Å². The lowest BCUT2D eigenvalue weighted by molar-refractivity contribution is 0.0909. The van der Waals surface area contributed by atoms with Gasteiger partial charge in [0.15, 0.2) is 11.5 Å². The average molecular weight is 240 g/mol. The van der Waals surface area contributed by atoms with Gasteiger partial charge in [-0.15, -0.1) is 5.10 Å². The largest absolute Gasteiger partial charge is 0.393 e. The molecule has 3 N–H and O–H groups in total. The van der Waals surface area contributed by atoms with Crippen LogP contribution in [0.2, 0.25) is 0 Å². The van der Waals surface area contributed by atoms with Crippen molar-refractivity contribution < 1.29 is 9.50 Å². The van der Waals surface area contributed by atoms with Gasteiger partial charge in [-0.1, -0.05) is 0 Å². The molecule has 1 saturated heterocycles. The first kappa shape index (κ1) is 12.2. The molecule has 0 amide bonds. The fraction of sp³-hybridized carbons (Fsp3) is 0.636. The van der Waals surface area contributed by atoms with Gasteiger partial charge in [0.25, 0.3) is 0 Å². The SMILES string of the molecule is Cc1cc(CN)nnc1N1CCC(F)(CO)C1. The number of aliphatic hydroxyl groups is 1. The summed E-state index contributed by atoms with van der Waals surface area (Å²) in [6, 6.07) is 1.86. The number of rotatable bonds is 3. The predicted molar refractivity (Wildman–Crippen MR) is 62.4 cm³/mol. The van der Waals surface area contributed by atoms with Gasteiger partial charge in [0.05, 0.1) is 18.8 Å². The van der Waals surface area contributed by atoms with Crippen molar-refractivity contribution in [3.8, 4) is 0 Å². The molecule has 1 aliphatic rings. The second-order valence-corrected chi connectivity index (χ2v) is 4.53. The van der Waals surface area contributed by atoms with Crippen LogP contribution in [0.3, 0.4) is 0 Å². The van der Waals surface area contributed by atoms with Crippen LogP contribution in [0.1, 0.15) is 17.7 Å². The molecule has 1 fully saturated rings. The van der Waals surface area contributed by atoms with Gasteiger partial charge in [-0.25, -0.2) is 4.39 Å². The van der Waals surface area contributed by atoms with Crippen molar-refractivity contribution in [2.24, 2.45) is 5.73 Å². The van der Waals surface area contributed by atoms with Crippen LogP contribution in [0, 0.1) is 6.92 Å². The van der Waals surface area contributed by atoms with Crippen molar-refractivity contribution >= 4 is 5.82 Å². The highest BCUT2D eigenvalue weighted by Crippen LogP contribution is 2.29. The summed E-state index contributed by atoms with van der Waals surface area (Å²) in [6.45, 7) is 2.52. The third kappa shape index (κ3) is 2.37. The van der Waals surface area contributed by atoms with E-state index in [0.29, 0.717) is 25.3 Å². The molecule has 0 spiro atoms. The van der Waals surface area contributed by atoms with Crippen LogP contribution in [0.4, 0.5) is 10.2 Å².